The molecule has 0 heterocycles. The van der Waals surface area contributed by atoms with Gasteiger partial charge in [0.2, 0.25) is 0 Å². The minimum Gasteiger partial charge on any atom is -0.398 e. The summed E-state index contributed by atoms with van der Waals surface area (Å²) in [6.07, 6.45) is 3.09. The van der Waals surface area contributed by atoms with Gasteiger partial charge in [0.1, 0.15) is 0 Å². The average Bonchev–Trinajstić information content (AvgIpc) is 2.83. The minimum absolute atomic E-state index is 1.00. The molecular formula is C21H29B4F4O8P. The summed E-state index contributed by atoms with van der Waals surface area (Å²) in [7, 11) is -12.7. The van der Waals surface area contributed by atoms with Gasteiger partial charge in [-0.1, -0.05) is 0 Å². The molecule has 206 valence electrons. The SMILES string of the molecule is C=CC[PH](c1ccccc1)(c1ccccc1)c1ccccc1.OB(O)F.OB(O)F.OB(O)F.OB(O)F. The average molecular weight is 560 g/mol. The fourth-order valence-electron chi connectivity index (χ4n) is 3.24. The molecule has 0 amide bonds. The topological polar surface area (TPSA) is 162 Å². The number of rotatable bonds is 5. The van der Waals surface area contributed by atoms with E-state index in [-0.39, 0.29) is 0 Å². The second-order valence-electron chi connectivity index (χ2n) is 6.74. The van der Waals surface area contributed by atoms with Crippen LogP contribution in [-0.2, 0) is 0 Å². The molecule has 3 rings (SSSR count). The van der Waals surface area contributed by atoms with Crippen LogP contribution in [0.15, 0.2) is 104 Å². The van der Waals surface area contributed by atoms with Crippen molar-refractivity contribution in [2.75, 3.05) is 6.16 Å². The van der Waals surface area contributed by atoms with Crippen molar-refractivity contribution in [1.29, 1.82) is 0 Å². The fraction of sp³-hybridized carbons (Fsp3) is 0.0476. The number of allylic oxidation sites excluding steroid dienone is 1. The summed E-state index contributed by atoms with van der Waals surface area (Å²) in [5.41, 5.74) is 0. The Morgan fingerprint density at radius 2 is 0.684 bits per heavy atom. The number of hydrogen-bond acceptors (Lipinski definition) is 8. The van der Waals surface area contributed by atoms with Gasteiger partial charge in [0, 0.05) is 0 Å². The summed E-state index contributed by atoms with van der Waals surface area (Å²) >= 11 is 0. The van der Waals surface area contributed by atoms with Crippen molar-refractivity contribution in [1.82, 2.24) is 0 Å². The molecule has 0 fully saturated rings. The minimum atomic E-state index is -2.67. The van der Waals surface area contributed by atoms with Crippen molar-refractivity contribution in [3.05, 3.63) is 104 Å². The van der Waals surface area contributed by atoms with Crippen molar-refractivity contribution in [2.24, 2.45) is 0 Å². The molecule has 0 saturated carbocycles. The van der Waals surface area contributed by atoms with E-state index in [1.165, 1.54) is 15.9 Å². The van der Waals surface area contributed by atoms with Gasteiger partial charge in [-0.2, -0.15) is 0 Å². The molecule has 3 aromatic rings. The van der Waals surface area contributed by atoms with E-state index in [0.29, 0.717) is 0 Å². The maximum absolute atomic E-state index is 10.1. The molecule has 17 heteroatoms. The van der Waals surface area contributed by atoms with E-state index in [1.807, 2.05) is 0 Å². The number of benzene rings is 3. The van der Waals surface area contributed by atoms with Crippen molar-refractivity contribution in [2.45, 2.75) is 0 Å². The monoisotopic (exact) mass is 560 g/mol. The van der Waals surface area contributed by atoms with Crippen LogP contribution in [0.3, 0.4) is 0 Å². The Bertz CT molecular complexity index is 822. The van der Waals surface area contributed by atoms with E-state index >= 15 is 0 Å². The van der Waals surface area contributed by atoms with Gasteiger partial charge in [-0.25, -0.2) is 0 Å². The van der Waals surface area contributed by atoms with Gasteiger partial charge in [0.15, 0.2) is 0 Å². The third-order valence-electron chi connectivity index (χ3n) is 4.25. The number of halogens is 4. The van der Waals surface area contributed by atoms with E-state index < -0.39 is 36.8 Å². The molecule has 0 aliphatic rings. The molecule has 3 aromatic carbocycles. The fourth-order valence-corrected chi connectivity index (χ4v) is 7.66. The Morgan fingerprint density at radius 1 is 0.500 bits per heavy atom. The summed E-state index contributed by atoms with van der Waals surface area (Å²) in [6, 6.07) is 32.8. The van der Waals surface area contributed by atoms with Crippen LogP contribution in [0.2, 0.25) is 0 Å². The molecule has 8 nitrogen and oxygen atoms in total. The largest absolute Gasteiger partial charge is 0.674 e. The summed E-state index contributed by atoms with van der Waals surface area (Å²) in [4.78, 5) is 0. The van der Waals surface area contributed by atoms with Crippen LogP contribution in [0, 0.1) is 0 Å². The van der Waals surface area contributed by atoms with E-state index in [9.17, 15) is 17.3 Å². The molecule has 38 heavy (non-hydrogen) atoms. The van der Waals surface area contributed by atoms with Crippen LogP contribution >= 0.6 is 7.26 Å². The quantitative estimate of drug-likeness (QED) is 0.0907. The molecule has 0 aliphatic carbocycles. The number of hydrogen-bond donors (Lipinski definition) is 8. The Labute approximate surface area is 220 Å². The van der Waals surface area contributed by atoms with Gasteiger partial charge in [-0.3, -0.25) is 17.3 Å². The maximum atomic E-state index is 10.1. The summed E-state index contributed by atoms with van der Waals surface area (Å²) in [5, 5.41) is 59.9. The molecule has 0 atom stereocenters. The summed E-state index contributed by atoms with van der Waals surface area (Å²) < 4.78 is 40.4. The third-order valence-corrected chi connectivity index (χ3v) is 9.11. The zero-order valence-corrected chi connectivity index (χ0v) is 21.1. The Kier molecular flexibility index (Phi) is 22.3. The smallest absolute Gasteiger partial charge is 0.398 e. The molecule has 8 N–H and O–H groups in total. The third kappa shape index (κ3) is 18.7. The first-order valence-corrected chi connectivity index (χ1v) is 12.8. The normalized spacial score (nSPS) is 9.68. The van der Waals surface area contributed by atoms with E-state index in [4.69, 9.17) is 40.2 Å². The van der Waals surface area contributed by atoms with Gasteiger partial charge >= 0.3 is 163 Å². The second-order valence-corrected chi connectivity index (χ2v) is 10.7. The van der Waals surface area contributed by atoms with Crippen LogP contribution < -0.4 is 15.9 Å². The Morgan fingerprint density at radius 3 is 0.842 bits per heavy atom. The van der Waals surface area contributed by atoms with Gasteiger partial charge in [0.05, 0.1) is 0 Å². The first-order chi connectivity index (χ1) is 17.8. The van der Waals surface area contributed by atoms with Crippen molar-refractivity contribution >= 4 is 52.8 Å². The van der Waals surface area contributed by atoms with Crippen LogP contribution in [0.5, 0.6) is 0 Å². The van der Waals surface area contributed by atoms with Gasteiger partial charge in [0.25, 0.3) is 0 Å². The zero-order chi connectivity index (χ0) is 29.6. The Balaban J connectivity index is 0. The summed E-state index contributed by atoms with van der Waals surface area (Å²) in [6.45, 7) is 4.06. The molecule has 0 unspecified atom stereocenters. The van der Waals surface area contributed by atoms with E-state index in [1.54, 1.807) is 0 Å². The zero-order valence-electron chi connectivity index (χ0n) is 20.1. The van der Waals surface area contributed by atoms with Crippen LogP contribution in [0.4, 0.5) is 17.3 Å². The van der Waals surface area contributed by atoms with Crippen molar-refractivity contribution in [3.8, 4) is 0 Å². The molecular weight excluding hydrogens is 530 g/mol. The van der Waals surface area contributed by atoms with Crippen LogP contribution in [0.25, 0.3) is 0 Å². The molecule has 0 spiro atoms. The van der Waals surface area contributed by atoms with Gasteiger partial charge in [-0.05, 0) is 0 Å². The van der Waals surface area contributed by atoms with E-state index in [0.717, 1.165) is 6.16 Å². The first kappa shape index (κ1) is 37.6. The first-order valence-electron chi connectivity index (χ1n) is 10.6. The van der Waals surface area contributed by atoms with Gasteiger partial charge < -0.3 is 40.2 Å². The standard InChI is InChI=1S/C21H21P.4BFH2O2/c1-2-18-22(19-12-6-3-7-13-19,20-14-8-4-9-15-20)21-16-10-5-11-17-21;4*2-1(3)4/h2-17,22H,1,18H2;4*3-4H. The molecule has 0 aromatic heterocycles. The molecule has 0 bridgehead atoms. The van der Waals surface area contributed by atoms with E-state index in [2.05, 4.69) is 104 Å². The van der Waals surface area contributed by atoms with Crippen molar-refractivity contribution < 1.29 is 57.5 Å². The summed E-state index contributed by atoms with van der Waals surface area (Å²) in [5.74, 6) is 0. The molecule has 0 aliphatic heterocycles. The molecule has 0 radical (unpaired) electrons. The van der Waals surface area contributed by atoms with Crippen LogP contribution in [-0.4, -0.2) is 75.9 Å². The predicted molar refractivity (Wildman–Crippen MR) is 147 cm³/mol. The second kappa shape index (κ2) is 22.5. The maximum Gasteiger partial charge on any atom is 0.674 e. The van der Waals surface area contributed by atoms with Gasteiger partial charge in [-0.15, -0.1) is 0 Å². The van der Waals surface area contributed by atoms with Crippen molar-refractivity contribution in [3.63, 3.8) is 0 Å². The Hall–Kier alpha value is -2.51. The molecule has 0 saturated heterocycles. The predicted octanol–water partition coefficient (Wildman–Crippen LogP) is -0.400. The van der Waals surface area contributed by atoms with Crippen LogP contribution in [0.1, 0.15) is 0 Å².